The SMILES string of the molecule is CC(C)Oc1cccnc1N1CCNCc2ccccc21. The van der Waals surface area contributed by atoms with Crippen LogP contribution in [-0.4, -0.2) is 24.2 Å². The van der Waals surface area contributed by atoms with E-state index in [1.54, 1.807) is 0 Å². The molecule has 0 unspecified atom stereocenters. The maximum atomic E-state index is 5.93. The lowest BCUT2D eigenvalue weighted by Gasteiger charge is -2.26. The molecular formula is C17H21N3O. The Balaban J connectivity index is 2.04. The first-order valence-corrected chi connectivity index (χ1v) is 7.43. The molecule has 1 aromatic carbocycles. The summed E-state index contributed by atoms with van der Waals surface area (Å²) in [5.74, 6) is 1.73. The van der Waals surface area contributed by atoms with Gasteiger partial charge in [0.05, 0.1) is 6.10 Å². The predicted octanol–water partition coefficient (Wildman–Crippen LogP) is 3.11. The quantitative estimate of drug-likeness (QED) is 0.939. The van der Waals surface area contributed by atoms with Gasteiger partial charge in [-0.2, -0.15) is 0 Å². The highest BCUT2D eigenvalue weighted by molar-refractivity contribution is 5.68. The van der Waals surface area contributed by atoms with Gasteiger partial charge in [-0.3, -0.25) is 0 Å². The monoisotopic (exact) mass is 283 g/mol. The number of nitrogens with zero attached hydrogens (tertiary/aromatic N) is 2. The summed E-state index contributed by atoms with van der Waals surface area (Å²) in [5.41, 5.74) is 2.49. The van der Waals surface area contributed by atoms with Crippen molar-refractivity contribution in [1.29, 1.82) is 0 Å². The van der Waals surface area contributed by atoms with E-state index in [0.29, 0.717) is 0 Å². The number of rotatable bonds is 3. The minimum Gasteiger partial charge on any atom is -0.487 e. The Morgan fingerprint density at radius 2 is 2.05 bits per heavy atom. The molecule has 4 nitrogen and oxygen atoms in total. The van der Waals surface area contributed by atoms with Gasteiger partial charge in [0.15, 0.2) is 11.6 Å². The molecule has 21 heavy (non-hydrogen) atoms. The van der Waals surface area contributed by atoms with Crippen LogP contribution in [0.15, 0.2) is 42.6 Å². The van der Waals surface area contributed by atoms with Gasteiger partial charge >= 0.3 is 0 Å². The molecule has 0 amide bonds. The number of hydrogen-bond acceptors (Lipinski definition) is 4. The molecule has 1 aliphatic rings. The number of pyridine rings is 1. The zero-order chi connectivity index (χ0) is 14.7. The maximum Gasteiger partial charge on any atom is 0.175 e. The molecule has 0 saturated heterocycles. The molecule has 0 bridgehead atoms. The third-order valence-corrected chi connectivity index (χ3v) is 3.48. The van der Waals surface area contributed by atoms with Crippen molar-refractivity contribution in [2.24, 2.45) is 0 Å². The number of aromatic nitrogens is 1. The van der Waals surface area contributed by atoms with Gasteiger partial charge in [0, 0.05) is 31.5 Å². The number of ether oxygens (including phenoxy) is 1. The minimum absolute atomic E-state index is 0.133. The van der Waals surface area contributed by atoms with E-state index in [1.807, 2.05) is 32.2 Å². The number of hydrogen-bond donors (Lipinski definition) is 1. The third kappa shape index (κ3) is 3.00. The van der Waals surface area contributed by atoms with E-state index in [0.717, 1.165) is 31.2 Å². The second kappa shape index (κ2) is 6.14. The number of para-hydroxylation sites is 1. The number of nitrogens with one attached hydrogen (secondary N) is 1. The molecule has 0 spiro atoms. The van der Waals surface area contributed by atoms with Gasteiger partial charge in [-0.05, 0) is 37.6 Å². The van der Waals surface area contributed by atoms with Gasteiger partial charge in [-0.1, -0.05) is 18.2 Å². The average molecular weight is 283 g/mol. The van der Waals surface area contributed by atoms with Crippen molar-refractivity contribution < 1.29 is 4.74 Å². The van der Waals surface area contributed by atoms with Crippen molar-refractivity contribution in [3.63, 3.8) is 0 Å². The first-order valence-electron chi connectivity index (χ1n) is 7.43. The Morgan fingerprint density at radius 3 is 2.90 bits per heavy atom. The first-order chi connectivity index (χ1) is 10.3. The number of anilines is 2. The summed E-state index contributed by atoms with van der Waals surface area (Å²) in [7, 11) is 0. The summed E-state index contributed by atoms with van der Waals surface area (Å²) in [6.07, 6.45) is 1.96. The largest absolute Gasteiger partial charge is 0.487 e. The summed E-state index contributed by atoms with van der Waals surface area (Å²) in [5, 5.41) is 3.45. The Labute approximate surface area is 125 Å². The second-order valence-corrected chi connectivity index (χ2v) is 5.45. The summed E-state index contributed by atoms with van der Waals surface area (Å²) in [6, 6.07) is 12.4. The van der Waals surface area contributed by atoms with Gasteiger partial charge in [0.25, 0.3) is 0 Å². The summed E-state index contributed by atoms with van der Waals surface area (Å²) < 4.78 is 5.93. The minimum atomic E-state index is 0.133. The smallest absolute Gasteiger partial charge is 0.175 e. The molecular weight excluding hydrogens is 262 g/mol. The van der Waals surface area contributed by atoms with Crippen LogP contribution in [0.1, 0.15) is 19.4 Å². The highest BCUT2D eigenvalue weighted by atomic mass is 16.5. The molecule has 0 fully saturated rings. The predicted molar refractivity (Wildman–Crippen MR) is 85.2 cm³/mol. The molecule has 1 N–H and O–H groups in total. The van der Waals surface area contributed by atoms with Crippen LogP contribution in [0.2, 0.25) is 0 Å². The van der Waals surface area contributed by atoms with Gasteiger partial charge < -0.3 is 15.0 Å². The average Bonchev–Trinajstić information content (AvgIpc) is 2.70. The molecule has 3 rings (SSSR count). The zero-order valence-corrected chi connectivity index (χ0v) is 12.5. The Kier molecular flexibility index (Phi) is 4.06. The van der Waals surface area contributed by atoms with Crippen LogP contribution in [-0.2, 0) is 6.54 Å². The first kappa shape index (κ1) is 13.9. The van der Waals surface area contributed by atoms with E-state index in [2.05, 4.69) is 39.5 Å². The van der Waals surface area contributed by atoms with E-state index in [-0.39, 0.29) is 6.10 Å². The summed E-state index contributed by atoms with van der Waals surface area (Å²) >= 11 is 0. The molecule has 2 heterocycles. The number of benzene rings is 1. The molecule has 0 atom stereocenters. The molecule has 0 saturated carbocycles. The van der Waals surface area contributed by atoms with Crippen LogP contribution in [0.25, 0.3) is 0 Å². The molecule has 0 radical (unpaired) electrons. The lowest BCUT2D eigenvalue weighted by atomic mass is 10.1. The van der Waals surface area contributed by atoms with Gasteiger partial charge in [-0.25, -0.2) is 4.98 Å². The summed E-state index contributed by atoms with van der Waals surface area (Å²) in [6.45, 7) is 6.76. The lowest BCUT2D eigenvalue weighted by molar-refractivity contribution is 0.242. The van der Waals surface area contributed by atoms with Gasteiger partial charge in [0.1, 0.15) is 0 Å². The van der Waals surface area contributed by atoms with Crippen LogP contribution >= 0.6 is 0 Å². The topological polar surface area (TPSA) is 37.4 Å². The van der Waals surface area contributed by atoms with Crippen LogP contribution in [0.4, 0.5) is 11.5 Å². The van der Waals surface area contributed by atoms with Crippen molar-refractivity contribution in [1.82, 2.24) is 10.3 Å². The van der Waals surface area contributed by atoms with E-state index < -0.39 is 0 Å². The van der Waals surface area contributed by atoms with Gasteiger partial charge in [0.2, 0.25) is 0 Å². The molecule has 4 heteroatoms. The van der Waals surface area contributed by atoms with E-state index in [9.17, 15) is 0 Å². The molecule has 2 aromatic rings. The standard InChI is InChI=1S/C17H21N3O/c1-13(2)21-16-8-5-9-19-17(16)20-11-10-18-12-14-6-3-4-7-15(14)20/h3-9,13,18H,10-12H2,1-2H3. The normalized spacial score (nSPS) is 14.7. The van der Waals surface area contributed by atoms with Crippen molar-refractivity contribution >= 4 is 11.5 Å². The van der Waals surface area contributed by atoms with Crippen LogP contribution < -0.4 is 15.0 Å². The summed E-state index contributed by atoms with van der Waals surface area (Å²) in [4.78, 5) is 6.81. The second-order valence-electron chi connectivity index (χ2n) is 5.45. The van der Waals surface area contributed by atoms with E-state index >= 15 is 0 Å². The molecule has 0 aliphatic carbocycles. The van der Waals surface area contributed by atoms with Crippen LogP contribution in [0.5, 0.6) is 5.75 Å². The van der Waals surface area contributed by atoms with Crippen molar-refractivity contribution in [3.8, 4) is 5.75 Å². The fourth-order valence-corrected chi connectivity index (χ4v) is 2.61. The lowest BCUT2D eigenvalue weighted by Crippen LogP contribution is -2.26. The third-order valence-electron chi connectivity index (χ3n) is 3.48. The fraction of sp³-hybridized carbons (Fsp3) is 0.353. The highest BCUT2D eigenvalue weighted by Crippen LogP contribution is 2.34. The zero-order valence-electron chi connectivity index (χ0n) is 12.5. The number of fused-ring (bicyclic) bond motifs is 1. The van der Waals surface area contributed by atoms with E-state index in [1.165, 1.54) is 11.3 Å². The Hall–Kier alpha value is -2.07. The van der Waals surface area contributed by atoms with Gasteiger partial charge in [-0.15, -0.1) is 0 Å². The Bertz CT molecular complexity index is 612. The molecule has 110 valence electrons. The van der Waals surface area contributed by atoms with Crippen LogP contribution in [0.3, 0.4) is 0 Å². The Morgan fingerprint density at radius 1 is 1.19 bits per heavy atom. The van der Waals surface area contributed by atoms with Crippen molar-refractivity contribution in [2.45, 2.75) is 26.5 Å². The van der Waals surface area contributed by atoms with Crippen molar-refractivity contribution in [2.75, 3.05) is 18.0 Å². The van der Waals surface area contributed by atoms with Crippen LogP contribution in [0, 0.1) is 0 Å². The van der Waals surface area contributed by atoms with E-state index in [4.69, 9.17) is 4.74 Å². The maximum absolute atomic E-state index is 5.93. The molecule has 1 aliphatic heterocycles. The van der Waals surface area contributed by atoms with Crippen molar-refractivity contribution in [3.05, 3.63) is 48.2 Å². The highest BCUT2D eigenvalue weighted by Gasteiger charge is 2.20. The molecule has 1 aromatic heterocycles. The fourth-order valence-electron chi connectivity index (χ4n) is 2.61.